The molecule has 0 aliphatic rings. The SMILES string of the molecule is c1ccc(N(c2ccc3c(c2)oc2ccccc23)c2ccc3c(c2)oc2c4ccccc4c(-c4ccc5c(c4)sc4ccccc45)cc32)cc1. The van der Waals surface area contributed by atoms with Crippen molar-refractivity contribution in [3.05, 3.63) is 164 Å². The van der Waals surface area contributed by atoms with Gasteiger partial charge in [-0.3, -0.25) is 0 Å². The Hall–Kier alpha value is -6.36. The lowest BCUT2D eigenvalue weighted by Gasteiger charge is -2.25. The molecule has 0 bridgehead atoms. The summed E-state index contributed by atoms with van der Waals surface area (Å²) in [5.74, 6) is 0. The lowest BCUT2D eigenvalue weighted by Crippen LogP contribution is -2.09. The summed E-state index contributed by atoms with van der Waals surface area (Å²) >= 11 is 1.86. The zero-order valence-electron chi connectivity index (χ0n) is 26.8. The van der Waals surface area contributed by atoms with Crippen LogP contribution in [-0.2, 0) is 0 Å². The number of para-hydroxylation sites is 2. The summed E-state index contributed by atoms with van der Waals surface area (Å²) in [6.45, 7) is 0. The standard InChI is InChI=1S/C46H27NO2S/c1-2-10-29(11-3-1)47(30-19-22-34-33-13-6-8-16-41(33)48-42(34)25-30)31-20-23-35-40-27-39(32-12-4-5-15-38(32)46(40)49-43(35)26-31)28-18-21-37-36-14-7-9-17-44(36)50-45(37)24-28/h1-27H. The molecule has 3 heterocycles. The fraction of sp³-hybridized carbons (Fsp3) is 0. The van der Waals surface area contributed by atoms with E-state index in [2.05, 4.69) is 150 Å². The molecule has 0 aliphatic heterocycles. The zero-order chi connectivity index (χ0) is 32.8. The number of rotatable bonds is 4. The van der Waals surface area contributed by atoms with E-state index >= 15 is 0 Å². The van der Waals surface area contributed by atoms with Crippen LogP contribution >= 0.6 is 11.3 Å². The number of anilines is 3. The maximum Gasteiger partial charge on any atom is 0.143 e. The van der Waals surface area contributed by atoms with E-state index in [-0.39, 0.29) is 0 Å². The van der Waals surface area contributed by atoms with E-state index in [9.17, 15) is 0 Å². The Bertz CT molecular complexity index is 3110. The molecule has 3 aromatic heterocycles. The van der Waals surface area contributed by atoms with Crippen molar-refractivity contribution in [1.82, 2.24) is 0 Å². The van der Waals surface area contributed by atoms with E-state index in [1.807, 2.05) is 29.5 Å². The van der Waals surface area contributed by atoms with Crippen molar-refractivity contribution in [1.29, 1.82) is 0 Å². The highest BCUT2D eigenvalue weighted by atomic mass is 32.1. The van der Waals surface area contributed by atoms with Crippen LogP contribution in [0.1, 0.15) is 0 Å². The summed E-state index contributed by atoms with van der Waals surface area (Å²) in [7, 11) is 0. The fourth-order valence-corrected chi connectivity index (χ4v) is 8.88. The molecule has 0 unspecified atom stereocenters. The van der Waals surface area contributed by atoms with Crippen molar-refractivity contribution < 1.29 is 8.83 Å². The van der Waals surface area contributed by atoms with Gasteiger partial charge >= 0.3 is 0 Å². The Labute approximate surface area is 290 Å². The molecule has 0 amide bonds. The molecule has 0 fully saturated rings. The Balaban J connectivity index is 1.10. The van der Waals surface area contributed by atoms with Crippen LogP contribution in [0, 0.1) is 0 Å². The van der Waals surface area contributed by atoms with E-state index in [0.29, 0.717) is 0 Å². The van der Waals surface area contributed by atoms with Gasteiger partial charge in [0.2, 0.25) is 0 Å². The highest BCUT2D eigenvalue weighted by Gasteiger charge is 2.19. The van der Waals surface area contributed by atoms with Crippen molar-refractivity contribution in [3.63, 3.8) is 0 Å². The number of nitrogens with zero attached hydrogens (tertiary/aromatic N) is 1. The monoisotopic (exact) mass is 657 g/mol. The summed E-state index contributed by atoms with van der Waals surface area (Å²) in [4.78, 5) is 2.27. The number of benzene rings is 8. The van der Waals surface area contributed by atoms with Gasteiger partial charge in [0.1, 0.15) is 22.3 Å². The van der Waals surface area contributed by atoms with Gasteiger partial charge in [-0.15, -0.1) is 11.3 Å². The fourth-order valence-electron chi connectivity index (χ4n) is 7.74. The minimum atomic E-state index is 0.852. The van der Waals surface area contributed by atoms with Gasteiger partial charge in [0.05, 0.1) is 0 Å². The van der Waals surface area contributed by atoms with Gasteiger partial charge in [0, 0.05) is 76.3 Å². The van der Waals surface area contributed by atoms with Crippen molar-refractivity contribution >= 4 is 103 Å². The van der Waals surface area contributed by atoms with E-state index in [1.54, 1.807) is 0 Å². The number of thiophene rings is 1. The number of hydrogen-bond donors (Lipinski definition) is 0. The van der Waals surface area contributed by atoms with Crippen LogP contribution in [0.2, 0.25) is 0 Å². The van der Waals surface area contributed by atoms with Gasteiger partial charge in [0.15, 0.2) is 0 Å². The second-order valence-corrected chi connectivity index (χ2v) is 14.0. The van der Waals surface area contributed by atoms with Gasteiger partial charge in [-0.25, -0.2) is 0 Å². The average molecular weight is 658 g/mol. The van der Waals surface area contributed by atoms with E-state index in [0.717, 1.165) is 66.3 Å². The molecule has 11 rings (SSSR count). The lowest BCUT2D eigenvalue weighted by molar-refractivity contribution is 0.669. The van der Waals surface area contributed by atoms with Crippen molar-refractivity contribution in [2.75, 3.05) is 4.90 Å². The molecule has 0 aliphatic carbocycles. The summed E-state index contributed by atoms with van der Waals surface area (Å²) < 4.78 is 15.7. The molecule has 11 aromatic rings. The van der Waals surface area contributed by atoms with Crippen molar-refractivity contribution in [3.8, 4) is 11.1 Å². The first-order valence-electron chi connectivity index (χ1n) is 16.8. The molecular weight excluding hydrogens is 631 g/mol. The molecule has 0 spiro atoms. The molecule has 0 atom stereocenters. The summed E-state index contributed by atoms with van der Waals surface area (Å²) in [5, 5.41) is 9.38. The maximum atomic E-state index is 6.80. The lowest BCUT2D eigenvalue weighted by atomic mass is 9.95. The largest absolute Gasteiger partial charge is 0.456 e. The highest BCUT2D eigenvalue weighted by molar-refractivity contribution is 7.25. The molecule has 0 radical (unpaired) electrons. The molecule has 3 nitrogen and oxygen atoms in total. The third kappa shape index (κ3) is 4.09. The maximum absolute atomic E-state index is 6.80. The second-order valence-electron chi connectivity index (χ2n) is 12.9. The van der Waals surface area contributed by atoms with Crippen LogP contribution in [0.15, 0.2) is 173 Å². The number of fused-ring (bicyclic) bond motifs is 11. The van der Waals surface area contributed by atoms with Crippen LogP contribution in [0.25, 0.3) is 85.9 Å². The van der Waals surface area contributed by atoms with Crippen LogP contribution in [0.4, 0.5) is 17.1 Å². The van der Waals surface area contributed by atoms with Gasteiger partial charge in [-0.05, 0) is 77.2 Å². The van der Waals surface area contributed by atoms with E-state index in [1.165, 1.54) is 36.7 Å². The van der Waals surface area contributed by atoms with Gasteiger partial charge in [-0.2, -0.15) is 0 Å². The van der Waals surface area contributed by atoms with E-state index in [4.69, 9.17) is 8.83 Å². The Morgan fingerprint density at radius 3 is 1.78 bits per heavy atom. The molecular formula is C46H27NO2S. The summed E-state index contributed by atoms with van der Waals surface area (Å²) in [6.07, 6.45) is 0. The molecule has 0 N–H and O–H groups in total. The molecule has 0 saturated carbocycles. The zero-order valence-corrected chi connectivity index (χ0v) is 27.6. The Kier molecular flexibility index (Phi) is 5.83. The first-order chi connectivity index (χ1) is 24.8. The first kappa shape index (κ1) is 27.6. The Morgan fingerprint density at radius 1 is 0.360 bits per heavy atom. The number of furan rings is 2. The molecule has 8 aromatic carbocycles. The molecule has 4 heteroatoms. The van der Waals surface area contributed by atoms with Crippen molar-refractivity contribution in [2.24, 2.45) is 0 Å². The second kappa shape index (κ2) is 10.6. The van der Waals surface area contributed by atoms with Crippen molar-refractivity contribution in [2.45, 2.75) is 0 Å². The molecule has 0 saturated heterocycles. The van der Waals surface area contributed by atoms with Gasteiger partial charge in [-0.1, -0.05) is 91.0 Å². The Morgan fingerprint density at radius 2 is 0.960 bits per heavy atom. The highest BCUT2D eigenvalue weighted by Crippen LogP contribution is 2.44. The third-order valence-electron chi connectivity index (χ3n) is 10.0. The van der Waals surface area contributed by atoms with Crippen LogP contribution in [0.5, 0.6) is 0 Å². The third-order valence-corrected chi connectivity index (χ3v) is 11.2. The normalized spacial score (nSPS) is 12.0. The van der Waals surface area contributed by atoms with Gasteiger partial charge < -0.3 is 13.7 Å². The summed E-state index contributed by atoms with van der Waals surface area (Å²) in [5.41, 5.74) is 9.03. The van der Waals surface area contributed by atoms with E-state index < -0.39 is 0 Å². The molecule has 234 valence electrons. The smallest absolute Gasteiger partial charge is 0.143 e. The predicted octanol–water partition coefficient (Wildman–Crippen LogP) is 14.1. The van der Waals surface area contributed by atoms with Crippen LogP contribution < -0.4 is 4.90 Å². The average Bonchev–Trinajstić information content (AvgIpc) is 3.85. The topological polar surface area (TPSA) is 29.5 Å². The predicted molar refractivity (Wildman–Crippen MR) is 212 cm³/mol. The summed E-state index contributed by atoms with van der Waals surface area (Å²) in [6, 6.07) is 58.2. The number of hydrogen-bond acceptors (Lipinski definition) is 4. The van der Waals surface area contributed by atoms with Crippen LogP contribution in [-0.4, -0.2) is 0 Å². The minimum absolute atomic E-state index is 0.852. The first-order valence-corrected chi connectivity index (χ1v) is 17.6. The van der Waals surface area contributed by atoms with Gasteiger partial charge in [0.25, 0.3) is 0 Å². The van der Waals surface area contributed by atoms with Crippen LogP contribution in [0.3, 0.4) is 0 Å². The minimum Gasteiger partial charge on any atom is -0.456 e. The quantitative estimate of drug-likeness (QED) is 0.189. The molecule has 50 heavy (non-hydrogen) atoms.